The first-order chi connectivity index (χ1) is 16.3. The number of hydrogen-bond acceptors (Lipinski definition) is 8. The minimum Gasteiger partial charge on any atom is -0.406 e. The fraction of sp³-hybridized carbons (Fsp3) is 0.381. The van der Waals surface area contributed by atoms with Crippen LogP contribution in [0.3, 0.4) is 0 Å². The average Bonchev–Trinajstić information content (AvgIpc) is 3.19. The molecule has 6 rings (SSSR count). The first-order valence-electron chi connectivity index (χ1n) is 10.6. The largest absolute Gasteiger partial charge is 0.573 e. The number of aromatic nitrogens is 6. The van der Waals surface area contributed by atoms with Crippen LogP contribution in [0.15, 0.2) is 46.2 Å². The lowest BCUT2D eigenvalue weighted by atomic mass is 10.2. The number of alkyl halides is 3. The van der Waals surface area contributed by atoms with Crippen LogP contribution in [-0.4, -0.2) is 48.7 Å². The van der Waals surface area contributed by atoms with Crippen LogP contribution in [0.25, 0.3) is 11.2 Å². The second-order valence-corrected chi connectivity index (χ2v) is 8.55. The van der Waals surface area contributed by atoms with E-state index < -0.39 is 6.36 Å². The second kappa shape index (κ2) is 7.30. The summed E-state index contributed by atoms with van der Waals surface area (Å²) in [7, 11) is 1.73. The zero-order chi connectivity index (χ0) is 23.6. The molecule has 0 amide bonds. The van der Waals surface area contributed by atoms with E-state index in [1.807, 2.05) is 0 Å². The predicted octanol–water partition coefficient (Wildman–Crippen LogP) is 2.31. The molecule has 1 aliphatic carbocycles. The number of halogens is 3. The summed E-state index contributed by atoms with van der Waals surface area (Å²) >= 11 is 0. The van der Waals surface area contributed by atoms with Gasteiger partial charge in [0.1, 0.15) is 18.6 Å². The van der Waals surface area contributed by atoms with E-state index in [-0.39, 0.29) is 23.8 Å². The van der Waals surface area contributed by atoms with E-state index in [4.69, 9.17) is 4.52 Å². The summed E-state index contributed by atoms with van der Waals surface area (Å²) in [5, 5.41) is 4.12. The van der Waals surface area contributed by atoms with E-state index >= 15 is 0 Å². The van der Waals surface area contributed by atoms with Gasteiger partial charge in [0.05, 0.1) is 6.33 Å². The van der Waals surface area contributed by atoms with E-state index in [9.17, 15) is 18.0 Å². The van der Waals surface area contributed by atoms with Crippen molar-refractivity contribution < 1.29 is 22.4 Å². The first-order valence-corrected chi connectivity index (χ1v) is 10.6. The van der Waals surface area contributed by atoms with E-state index in [0.29, 0.717) is 34.7 Å². The number of imidazole rings is 1. The number of rotatable bonds is 5. The van der Waals surface area contributed by atoms with Crippen molar-refractivity contribution in [3.8, 4) is 5.75 Å². The van der Waals surface area contributed by atoms with Gasteiger partial charge in [-0.1, -0.05) is 5.16 Å². The minimum absolute atomic E-state index is 0.112. The van der Waals surface area contributed by atoms with Gasteiger partial charge in [-0.25, -0.2) is 9.97 Å². The van der Waals surface area contributed by atoms with Gasteiger partial charge >= 0.3 is 6.36 Å². The summed E-state index contributed by atoms with van der Waals surface area (Å²) in [6.07, 6.45) is -1.76. The predicted molar refractivity (Wildman–Crippen MR) is 111 cm³/mol. The Balaban J connectivity index is 1.10. The lowest BCUT2D eigenvalue weighted by molar-refractivity contribution is -0.274. The molecule has 0 bridgehead atoms. The molecule has 0 spiro atoms. The lowest BCUT2D eigenvalue weighted by Crippen LogP contribution is -2.24. The Hall–Kier alpha value is -3.90. The van der Waals surface area contributed by atoms with Gasteiger partial charge in [-0.05, 0) is 36.1 Å². The van der Waals surface area contributed by atoms with Gasteiger partial charge in [0.15, 0.2) is 17.0 Å². The topological polar surface area (TPSA) is 104 Å². The standard InChI is InChI=1S/C21H18F3N7O3/c1-29-9-25-19-17(29)20(32)31(10-26-19)8-15-27-18(28-34-15)16-13-6-30(7-14(13)16)11-2-4-12(5-3-11)33-21(22,23)24/h2-5,9-10,13-14,16H,6-8H2,1H3/t13-,14+,16-. The average molecular weight is 473 g/mol. The third kappa shape index (κ3) is 3.56. The zero-order valence-electron chi connectivity index (χ0n) is 17.8. The molecule has 4 heterocycles. The van der Waals surface area contributed by atoms with Gasteiger partial charge < -0.3 is 18.7 Å². The number of ether oxygens (including phenoxy) is 1. The fourth-order valence-electron chi connectivity index (χ4n) is 4.78. The maximum Gasteiger partial charge on any atom is 0.573 e. The third-order valence-electron chi connectivity index (χ3n) is 6.42. The van der Waals surface area contributed by atoms with Gasteiger partial charge in [-0.15, -0.1) is 13.2 Å². The highest BCUT2D eigenvalue weighted by Crippen LogP contribution is 2.58. The number of hydrogen-bond donors (Lipinski definition) is 0. The molecule has 2 aliphatic rings. The number of nitrogens with zero attached hydrogens (tertiary/aromatic N) is 7. The molecule has 34 heavy (non-hydrogen) atoms. The van der Waals surface area contributed by atoms with Crippen LogP contribution in [0.1, 0.15) is 17.6 Å². The SMILES string of the molecule is Cn1cnc2ncn(Cc3nc([C@@H]4[C@@H]5CN(c6ccc(OC(F)(F)F)cc6)C[C@@H]54)no3)c(=O)c21. The van der Waals surface area contributed by atoms with Crippen molar-refractivity contribution in [1.82, 2.24) is 29.2 Å². The van der Waals surface area contributed by atoms with E-state index in [1.165, 1.54) is 29.4 Å². The van der Waals surface area contributed by atoms with E-state index in [2.05, 4.69) is 29.7 Å². The van der Waals surface area contributed by atoms with Crippen LogP contribution in [0.2, 0.25) is 0 Å². The highest BCUT2D eigenvalue weighted by molar-refractivity contribution is 5.68. The van der Waals surface area contributed by atoms with Crippen molar-refractivity contribution in [2.24, 2.45) is 18.9 Å². The molecule has 2 fully saturated rings. The summed E-state index contributed by atoms with van der Waals surface area (Å²) in [5.41, 5.74) is 1.38. The highest BCUT2D eigenvalue weighted by Gasteiger charge is 2.58. The molecular formula is C21H18F3N7O3. The van der Waals surface area contributed by atoms with Crippen LogP contribution in [0.4, 0.5) is 18.9 Å². The summed E-state index contributed by atoms with van der Waals surface area (Å²) in [6.45, 7) is 1.61. The van der Waals surface area contributed by atoms with Gasteiger partial charge in [0.25, 0.3) is 5.56 Å². The maximum absolute atomic E-state index is 12.7. The van der Waals surface area contributed by atoms with E-state index in [1.54, 1.807) is 23.7 Å². The van der Waals surface area contributed by atoms with Crippen LogP contribution in [0.5, 0.6) is 5.75 Å². The molecule has 176 valence electrons. The number of piperidine rings is 1. The normalized spacial score (nSPS) is 21.8. The number of anilines is 1. The minimum atomic E-state index is -4.71. The summed E-state index contributed by atoms with van der Waals surface area (Å²) < 4.78 is 49.3. The van der Waals surface area contributed by atoms with Crippen LogP contribution < -0.4 is 15.2 Å². The quantitative estimate of drug-likeness (QED) is 0.435. The van der Waals surface area contributed by atoms with Gasteiger partial charge in [-0.2, -0.15) is 4.98 Å². The first kappa shape index (κ1) is 20.7. The zero-order valence-corrected chi connectivity index (χ0v) is 17.8. The van der Waals surface area contributed by atoms with Crippen molar-refractivity contribution in [3.63, 3.8) is 0 Å². The van der Waals surface area contributed by atoms with Crippen LogP contribution in [-0.2, 0) is 13.6 Å². The Kier molecular flexibility index (Phi) is 4.44. The van der Waals surface area contributed by atoms with Crippen molar-refractivity contribution >= 4 is 16.9 Å². The van der Waals surface area contributed by atoms with E-state index in [0.717, 1.165) is 18.8 Å². The van der Waals surface area contributed by atoms with Crippen molar-refractivity contribution in [1.29, 1.82) is 0 Å². The molecule has 1 saturated carbocycles. The van der Waals surface area contributed by atoms with Gasteiger partial charge in [-0.3, -0.25) is 9.36 Å². The number of fused-ring (bicyclic) bond motifs is 2. The van der Waals surface area contributed by atoms with Crippen LogP contribution >= 0.6 is 0 Å². The monoisotopic (exact) mass is 473 g/mol. The van der Waals surface area contributed by atoms with Crippen LogP contribution in [0, 0.1) is 11.8 Å². The Morgan fingerprint density at radius 3 is 2.53 bits per heavy atom. The molecule has 3 aromatic heterocycles. The summed E-state index contributed by atoms with van der Waals surface area (Å²) in [4.78, 5) is 27.6. The summed E-state index contributed by atoms with van der Waals surface area (Å²) in [6, 6.07) is 5.88. The molecule has 4 aromatic rings. The fourth-order valence-corrected chi connectivity index (χ4v) is 4.78. The molecule has 10 nitrogen and oxygen atoms in total. The summed E-state index contributed by atoms with van der Waals surface area (Å²) in [5.74, 6) is 1.54. The third-order valence-corrected chi connectivity index (χ3v) is 6.42. The van der Waals surface area contributed by atoms with Crippen molar-refractivity contribution in [3.05, 3.63) is 59.0 Å². The molecule has 1 saturated heterocycles. The molecular weight excluding hydrogens is 455 g/mol. The smallest absolute Gasteiger partial charge is 0.406 e. The molecule has 13 heteroatoms. The van der Waals surface area contributed by atoms with Gasteiger partial charge in [0.2, 0.25) is 5.89 Å². The van der Waals surface area contributed by atoms with Crippen molar-refractivity contribution in [2.75, 3.05) is 18.0 Å². The Labute approximate surface area is 189 Å². The Morgan fingerprint density at radius 1 is 1.12 bits per heavy atom. The second-order valence-electron chi connectivity index (χ2n) is 8.55. The maximum atomic E-state index is 12.7. The Bertz CT molecular complexity index is 1410. The number of aryl methyl sites for hydroxylation is 1. The van der Waals surface area contributed by atoms with Crippen molar-refractivity contribution in [2.45, 2.75) is 18.8 Å². The molecule has 0 radical (unpaired) electrons. The number of benzene rings is 1. The molecule has 3 atom stereocenters. The Morgan fingerprint density at radius 2 is 1.82 bits per heavy atom. The lowest BCUT2D eigenvalue weighted by Gasteiger charge is -2.21. The molecule has 0 N–H and O–H groups in total. The molecule has 1 aliphatic heterocycles. The molecule has 1 aromatic carbocycles. The molecule has 0 unspecified atom stereocenters. The highest BCUT2D eigenvalue weighted by atomic mass is 19.4. The van der Waals surface area contributed by atoms with Gasteiger partial charge in [0, 0.05) is 31.7 Å².